The summed E-state index contributed by atoms with van der Waals surface area (Å²) in [4.78, 5) is 3.91. The molecular weight excluding hydrogens is 219 g/mol. The molecule has 0 spiro atoms. The van der Waals surface area contributed by atoms with Gasteiger partial charge in [0.25, 0.3) is 0 Å². The molecule has 3 rings (SSSR count). The van der Waals surface area contributed by atoms with Crippen molar-refractivity contribution in [3.05, 3.63) is 42.2 Å². The first-order valence-electron chi connectivity index (χ1n) is 5.70. The van der Waals surface area contributed by atoms with Gasteiger partial charge < -0.3 is 5.32 Å². The number of nitrogens with zero attached hydrogens (tertiary/aromatic N) is 3. The molecule has 4 nitrogen and oxygen atoms in total. The normalized spacial score (nSPS) is 15.1. The second-order valence-electron chi connectivity index (χ2n) is 4.27. The Hall–Kier alpha value is -1.75. The van der Waals surface area contributed by atoms with Crippen LogP contribution >= 0.6 is 0 Å². The standard InChI is InChI=1S/C12H13FN4/c13-10-1-4-12(17-8-14-7-16-17)9(5-10)6-15-11-2-3-11/h1,4-5,7-8,11,15H,2-3,6H2. The molecule has 1 aromatic carbocycles. The molecule has 1 aromatic heterocycles. The first-order valence-corrected chi connectivity index (χ1v) is 5.70. The minimum absolute atomic E-state index is 0.221. The highest BCUT2D eigenvalue weighted by atomic mass is 19.1. The molecule has 17 heavy (non-hydrogen) atoms. The zero-order chi connectivity index (χ0) is 11.7. The zero-order valence-electron chi connectivity index (χ0n) is 9.31. The average Bonchev–Trinajstić information content (AvgIpc) is 3.00. The van der Waals surface area contributed by atoms with Crippen LogP contribution in [-0.4, -0.2) is 20.8 Å². The predicted octanol–water partition coefficient (Wildman–Crippen LogP) is 1.66. The van der Waals surface area contributed by atoms with Gasteiger partial charge >= 0.3 is 0 Å². The highest BCUT2D eigenvalue weighted by Gasteiger charge is 2.20. The summed E-state index contributed by atoms with van der Waals surface area (Å²) in [7, 11) is 0. The largest absolute Gasteiger partial charge is 0.310 e. The second-order valence-corrected chi connectivity index (χ2v) is 4.27. The Kier molecular flexibility index (Phi) is 2.60. The second kappa shape index (κ2) is 4.25. The van der Waals surface area contributed by atoms with Crippen molar-refractivity contribution in [1.29, 1.82) is 0 Å². The van der Waals surface area contributed by atoms with E-state index >= 15 is 0 Å². The SMILES string of the molecule is Fc1ccc(-n2cncn2)c(CNC2CC2)c1. The van der Waals surface area contributed by atoms with E-state index in [4.69, 9.17) is 0 Å². The molecular formula is C12H13FN4. The van der Waals surface area contributed by atoms with Crippen LogP contribution in [0, 0.1) is 5.82 Å². The number of halogens is 1. The van der Waals surface area contributed by atoms with Gasteiger partial charge in [-0.1, -0.05) is 0 Å². The third-order valence-electron chi connectivity index (χ3n) is 2.87. The number of aromatic nitrogens is 3. The molecule has 0 bridgehead atoms. The molecule has 1 saturated carbocycles. The maximum atomic E-state index is 13.3. The van der Waals surface area contributed by atoms with E-state index in [1.165, 1.54) is 25.2 Å². The van der Waals surface area contributed by atoms with E-state index in [0.717, 1.165) is 11.3 Å². The number of hydrogen-bond donors (Lipinski definition) is 1. The molecule has 1 N–H and O–H groups in total. The van der Waals surface area contributed by atoms with E-state index < -0.39 is 0 Å². The topological polar surface area (TPSA) is 42.7 Å². The van der Waals surface area contributed by atoms with Gasteiger partial charge in [0.2, 0.25) is 0 Å². The first-order chi connectivity index (χ1) is 8.33. The molecule has 1 heterocycles. The van der Waals surface area contributed by atoms with E-state index in [1.807, 2.05) is 0 Å². The fourth-order valence-electron chi connectivity index (χ4n) is 1.79. The van der Waals surface area contributed by atoms with Crippen molar-refractivity contribution >= 4 is 0 Å². The van der Waals surface area contributed by atoms with Crippen molar-refractivity contribution < 1.29 is 4.39 Å². The van der Waals surface area contributed by atoms with Gasteiger partial charge in [-0.15, -0.1) is 0 Å². The van der Waals surface area contributed by atoms with Crippen molar-refractivity contribution in [1.82, 2.24) is 20.1 Å². The number of hydrogen-bond acceptors (Lipinski definition) is 3. The van der Waals surface area contributed by atoms with Crippen LogP contribution < -0.4 is 5.32 Å². The van der Waals surface area contributed by atoms with Crippen molar-refractivity contribution in [2.24, 2.45) is 0 Å². The van der Waals surface area contributed by atoms with E-state index in [1.54, 1.807) is 23.1 Å². The summed E-state index contributed by atoms with van der Waals surface area (Å²) in [5.74, 6) is -0.221. The van der Waals surface area contributed by atoms with Crippen LogP contribution in [0.1, 0.15) is 18.4 Å². The lowest BCUT2D eigenvalue weighted by Gasteiger charge is -2.10. The average molecular weight is 232 g/mol. The first kappa shape index (κ1) is 10.4. The molecule has 0 unspecified atom stereocenters. The summed E-state index contributed by atoms with van der Waals surface area (Å²) in [6.45, 7) is 0.664. The molecule has 0 atom stereocenters. The number of rotatable bonds is 4. The van der Waals surface area contributed by atoms with Gasteiger partial charge in [-0.25, -0.2) is 14.1 Å². The molecule has 1 aliphatic rings. The lowest BCUT2D eigenvalue weighted by molar-refractivity contribution is 0.617. The lowest BCUT2D eigenvalue weighted by atomic mass is 10.1. The van der Waals surface area contributed by atoms with Crippen molar-refractivity contribution in [3.8, 4) is 5.69 Å². The highest BCUT2D eigenvalue weighted by Crippen LogP contribution is 2.21. The summed E-state index contributed by atoms with van der Waals surface area (Å²) >= 11 is 0. The molecule has 0 saturated heterocycles. The maximum Gasteiger partial charge on any atom is 0.138 e. The van der Waals surface area contributed by atoms with Crippen LogP contribution in [0.5, 0.6) is 0 Å². The molecule has 5 heteroatoms. The van der Waals surface area contributed by atoms with Crippen LogP contribution in [0.2, 0.25) is 0 Å². The Morgan fingerprint density at radius 2 is 2.29 bits per heavy atom. The third kappa shape index (κ3) is 2.34. The molecule has 0 radical (unpaired) electrons. The van der Waals surface area contributed by atoms with Crippen molar-refractivity contribution in [2.45, 2.75) is 25.4 Å². The van der Waals surface area contributed by atoms with E-state index in [0.29, 0.717) is 12.6 Å². The molecule has 0 aliphatic heterocycles. The number of benzene rings is 1. The van der Waals surface area contributed by atoms with Gasteiger partial charge in [0, 0.05) is 12.6 Å². The summed E-state index contributed by atoms with van der Waals surface area (Å²) in [5.41, 5.74) is 1.78. The van der Waals surface area contributed by atoms with Crippen molar-refractivity contribution in [3.63, 3.8) is 0 Å². The van der Waals surface area contributed by atoms with Crippen LogP contribution in [0.15, 0.2) is 30.9 Å². The van der Waals surface area contributed by atoms with E-state index in [9.17, 15) is 4.39 Å². The molecule has 1 fully saturated rings. The summed E-state index contributed by atoms with van der Waals surface area (Å²) in [6.07, 6.45) is 5.53. The maximum absolute atomic E-state index is 13.3. The third-order valence-corrected chi connectivity index (χ3v) is 2.87. The summed E-state index contributed by atoms with van der Waals surface area (Å²) in [6, 6.07) is 5.32. The molecule has 88 valence electrons. The fraction of sp³-hybridized carbons (Fsp3) is 0.333. The fourth-order valence-corrected chi connectivity index (χ4v) is 1.79. The highest BCUT2D eigenvalue weighted by molar-refractivity contribution is 5.40. The van der Waals surface area contributed by atoms with Crippen molar-refractivity contribution in [2.75, 3.05) is 0 Å². The van der Waals surface area contributed by atoms with E-state index in [2.05, 4.69) is 15.4 Å². The minimum Gasteiger partial charge on any atom is -0.310 e. The summed E-state index contributed by atoms with van der Waals surface area (Å²) in [5, 5.41) is 7.45. The number of nitrogens with one attached hydrogen (secondary N) is 1. The monoisotopic (exact) mass is 232 g/mol. The van der Waals surface area contributed by atoms with Gasteiger partial charge in [-0.3, -0.25) is 0 Å². The van der Waals surface area contributed by atoms with Gasteiger partial charge in [-0.05, 0) is 36.6 Å². The van der Waals surface area contributed by atoms with Gasteiger partial charge in [-0.2, -0.15) is 5.10 Å². The molecule has 2 aromatic rings. The molecule has 1 aliphatic carbocycles. The Morgan fingerprint density at radius 1 is 1.41 bits per heavy atom. The Bertz CT molecular complexity index is 505. The van der Waals surface area contributed by atoms with Crippen LogP contribution in [0.25, 0.3) is 5.69 Å². The lowest BCUT2D eigenvalue weighted by Crippen LogP contribution is -2.17. The van der Waals surface area contributed by atoms with Gasteiger partial charge in [0.15, 0.2) is 0 Å². The van der Waals surface area contributed by atoms with E-state index in [-0.39, 0.29) is 5.82 Å². The van der Waals surface area contributed by atoms with Gasteiger partial charge in [0.1, 0.15) is 18.5 Å². The van der Waals surface area contributed by atoms with Crippen LogP contribution in [-0.2, 0) is 6.54 Å². The minimum atomic E-state index is -0.221. The predicted molar refractivity (Wildman–Crippen MR) is 61.2 cm³/mol. The Morgan fingerprint density at radius 3 is 3.00 bits per heavy atom. The zero-order valence-corrected chi connectivity index (χ0v) is 9.31. The van der Waals surface area contributed by atoms with Gasteiger partial charge in [0.05, 0.1) is 5.69 Å². The quantitative estimate of drug-likeness (QED) is 0.871. The molecule has 0 amide bonds. The smallest absolute Gasteiger partial charge is 0.138 e. The summed E-state index contributed by atoms with van der Waals surface area (Å²) < 4.78 is 14.9. The van der Waals surface area contributed by atoms with Crippen LogP contribution in [0.3, 0.4) is 0 Å². The Labute approximate surface area is 98.5 Å². The Balaban J connectivity index is 1.89. The van der Waals surface area contributed by atoms with Crippen LogP contribution in [0.4, 0.5) is 4.39 Å².